The number of aryl methyl sites for hydroxylation is 1. The van der Waals surface area contributed by atoms with Crippen LogP contribution in [0.2, 0.25) is 0 Å². The maximum absolute atomic E-state index is 11.5. The molecule has 0 saturated carbocycles. The quantitative estimate of drug-likeness (QED) is 0.597. The molecule has 0 aliphatic carbocycles. The molecule has 0 aromatic carbocycles. The van der Waals surface area contributed by atoms with Crippen LogP contribution in [0.25, 0.3) is 0 Å². The minimum atomic E-state index is -0.960. The van der Waals surface area contributed by atoms with E-state index in [1.165, 1.54) is 6.92 Å². The van der Waals surface area contributed by atoms with E-state index in [1.807, 2.05) is 0 Å². The summed E-state index contributed by atoms with van der Waals surface area (Å²) in [7, 11) is 0. The van der Waals surface area contributed by atoms with Gasteiger partial charge in [0, 0.05) is 24.3 Å². The van der Waals surface area contributed by atoms with Crippen molar-refractivity contribution in [3.63, 3.8) is 0 Å². The van der Waals surface area contributed by atoms with Gasteiger partial charge in [-0.25, -0.2) is 14.4 Å². The summed E-state index contributed by atoms with van der Waals surface area (Å²) in [4.78, 5) is 45.1. The average molecular weight is 323 g/mol. The molecule has 2 heterocycles. The molecule has 1 aromatic rings. The lowest BCUT2D eigenvalue weighted by atomic mass is 10.3. The molecule has 1 fully saturated rings. The van der Waals surface area contributed by atoms with Gasteiger partial charge in [0.25, 0.3) is 5.91 Å². The highest BCUT2D eigenvalue weighted by atomic mass is 16.6. The Kier molecular flexibility index (Phi) is 4.79. The Morgan fingerprint density at radius 3 is 2.57 bits per heavy atom. The summed E-state index contributed by atoms with van der Waals surface area (Å²) in [5, 5.41) is 2.41. The Balaban J connectivity index is 1.80. The predicted octanol–water partition coefficient (Wildman–Crippen LogP) is 0.0860. The Morgan fingerprint density at radius 2 is 2.00 bits per heavy atom. The summed E-state index contributed by atoms with van der Waals surface area (Å²) < 4.78 is 18.8. The number of nitrogens with one attached hydrogen (secondary N) is 1. The van der Waals surface area contributed by atoms with Gasteiger partial charge in [0.05, 0.1) is 0 Å². The molecule has 9 heteroatoms. The molecular formula is C14H13NO8. The predicted molar refractivity (Wildman–Crippen MR) is 72.7 cm³/mol. The van der Waals surface area contributed by atoms with Crippen LogP contribution in [0.5, 0.6) is 0 Å². The van der Waals surface area contributed by atoms with Crippen molar-refractivity contribution in [2.45, 2.75) is 26.1 Å². The van der Waals surface area contributed by atoms with E-state index in [2.05, 4.69) is 20.7 Å². The maximum Gasteiger partial charge on any atom is 0.519 e. The van der Waals surface area contributed by atoms with E-state index in [0.29, 0.717) is 5.70 Å². The van der Waals surface area contributed by atoms with Crippen LogP contribution in [0.3, 0.4) is 0 Å². The lowest BCUT2D eigenvalue weighted by Crippen LogP contribution is -2.26. The number of amides is 1. The lowest BCUT2D eigenvalue weighted by molar-refractivity contribution is -0.149. The van der Waals surface area contributed by atoms with E-state index in [4.69, 9.17) is 9.47 Å². The molecule has 1 amide bonds. The van der Waals surface area contributed by atoms with E-state index in [0.717, 1.165) is 12.2 Å². The fraction of sp³-hybridized carbons (Fsp3) is 0.286. The normalized spacial score (nSPS) is 17.3. The molecule has 122 valence electrons. The first-order chi connectivity index (χ1) is 10.8. The van der Waals surface area contributed by atoms with Crippen molar-refractivity contribution in [2.24, 2.45) is 0 Å². The van der Waals surface area contributed by atoms with Crippen molar-refractivity contribution in [1.82, 2.24) is 5.32 Å². The van der Waals surface area contributed by atoms with E-state index >= 15 is 0 Å². The summed E-state index contributed by atoms with van der Waals surface area (Å²) in [6, 6.07) is 0. The highest BCUT2D eigenvalue weighted by Crippen LogP contribution is 2.13. The van der Waals surface area contributed by atoms with Crippen LogP contribution in [-0.2, 0) is 30.5 Å². The van der Waals surface area contributed by atoms with Crippen molar-refractivity contribution in [1.29, 1.82) is 0 Å². The first-order valence-corrected chi connectivity index (χ1v) is 6.48. The van der Waals surface area contributed by atoms with Gasteiger partial charge in [-0.05, 0) is 6.92 Å². The number of hydrogen-bond acceptors (Lipinski definition) is 8. The summed E-state index contributed by atoms with van der Waals surface area (Å²) in [6.07, 6.45) is 0.882. The number of hydrogen-bond donors (Lipinski definition) is 1. The zero-order valence-electron chi connectivity index (χ0n) is 12.1. The molecule has 1 aliphatic rings. The van der Waals surface area contributed by atoms with E-state index in [9.17, 15) is 19.2 Å². The average Bonchev–Trinajstić information content (AvgIpc) is 2.95. The van der Waals surface area contributed by atoms with Crippen LogP contribution in [0.1, 0.15) is 17.9 Å². The molecule has 1 unspecified atom stereocenters. The van der Waals surface area contributed by atoms with Crippen molar-refractivity contribution < 1.29 is 32.7 Å². The second-order valence-corrected chi connectivity index (χ2v) is 4.60. The zero-order chi connectivity index (χ0) is 17.0. The van der Waals surface area contributed by atoms with Gasteiger partial charge in [0.15, 0.2) is 24.2 Å². The summed E-state index contributed by atoms with van der Waals surface area (Å²) in [6.45, 7) is 4.70. The first-order valence-electron chi connectivity index (χ1n) is 6.48. The Morgan fingerprint density at radius 1 is 1.30 bits per heavy atom. The number of carbonyl (C=O) groups is 3. The fourth-order valence-electron chi connectivity index (χ4n) is 1.72. The molecule has 9 nitrogen and oxygen atoms in total. The standard InChI is InChI=1S/C14H13NO8/c1-7-5-9(13(18)15-7)22-12(17)4-3-11(16)20-6-10-8(2)21-14(19)23-10/h3-4,9H,1,5-6H2,2H3,(H,15,18)/b4-3+. The molecular weight excluding hydrogens is 310 g/mol. The van der Waals surface area contributed by atoms with E-state index in [1.54, 1.807) is 0 Å². The SMILES string of the molecule is C=C1CC(OC(=O)/C=C/C(=O)OCc2oc(=O)oc2C)C(=O)N1. The van der Waals surface area contributed by atoms with Crippen LogP contribution >= 0.6 is 0 Å². The molecule has 0 bridgehead atoms. The molecule has 1 aliphatic heterocycles. The molecule has 0 spiro atoms. The van der Waals surface area contributed by atoms with E-state index < -0.39 is 29.8 Å². The van der Waals surface area contributed by atoms with Gasteiger partial charge in [0.2, 0.25) is 0 Å². The summed E-state index contributed by atoms with van der Waals surface area (Å²) in [5.74, 6) is -2.83. The van der Waals surface area contributed by atoms with Crippen molar-refractivity contribution in [3.8, 4) is 0 Å². The second kappa shape index (κ2) is 6.77. The van der Waals surface area contributed by atoms with Crippen LogP contribution in [0.15, 0.2) is 38.1 Å². The molecule has 1 aromatic heterocycles. The molecule has 1 N–H and O–H groups in total. The van der Waals surface area contributed by atoms with Crippen LogP contribution in [0, 0.1) is 6.92 Å². The van der Waals surface area contributed by atoms with Gasteiger partial charge in [-0.15, -0.1) is 0 Å². The third-order valence-corrected chi connectivity index (χ3v) is 2.82. The third-order valence-electron chi connectivity index (χ3n) is 2.82. The van der Waals surface area contributed by atoms with Gasteiger partial charge in [-0.2, -0.15) is 0 Å². The smallest absolute Gasteiger partial charge is 0.454 e. The zero-order valence-corrected chi connectivity index (χ0v) is 12.1. The van der Waals surface area contributed by atoms with Gasteiger partial charge in [0.1, 0.15) is 0 Å². The molecule has 23 heavy (non-hydrogen) atoms. The Hall–Kier alpha value is -3.10. The Bertz CT molecular complexity index is 738. The topological polar surface area (TPSA) is 125 Å². The first kappa shape index (κ1) is 16.3. The maximum atomic E-state index is 11.5. The largest absolute Gasteiger partial charge is 0.519 e. The Labute approximate surface area is 129 Å². The van der Waals surface area contributed by atoms with Crippen LogP contribution < -0.4 is 11.1 Å². The minimum Gasteiger partial charge on any atom is -0.454 e. The molecule has 1 atom stereocenters. The number of carbonyl (C=O) groups excluding carboxylic acids is 3. The summed E-state index contributed by atoms with van der Waals surface area (Å²) >= 11 is 0. The van der Waals surface area contributed by atoms with Crippen molar-refractivity contribution in [3.05, 3.63) is 46.6 Å². The fourth-order valence-corrected chi connectivity index (χ4v) is 1.72. The van der Waals surface area contributed by atoms with Gasteiger partial charge < -0.3 is 23.6 Å². The highest BCUT2D eigenvalue weighted by molar-refractivity contribution is 5.94. The summed E-state index contributed by atoms with van der Waals surface area (Å²) in [5.41, 5.74) is 0.452. The van der Waals surface area contributed by atoms with E-state index in [-0.39, 0.29) is 24.5 Å². The second-order valence-electron chi connectivity index (χ2n) is 4.60. The highest BCUT2D eigenvalue weighted by Gasteiger charge is 2.29. The van der Waals surface area contributed by atoms with Crippen molar-refractivity contribution >= 4 is 17.8 Å². The van der Waals surface area contributed by atoms with Crippen LogP contribution in [0.4, 0.5) is 0 Å². The number of ether oxygens (including phenoxy) is 2. The minimum absolute atomic E-state index is 0.0699. The van der Waals surface area contributed by atoms with Gasteiger partial charge in [-0.3, -0.25) is 4.79 Å². The monoisotopic (exact) mass is 323 g/mol. The molecule has 0 radical (unpaired) electrons. The van der Waals surface area contributed by atoms with Crippen molar-refractivity contribution in [2.75, 3.05) is 0 Å². The van der Waals surface area contributed by atoms with Gasteiger partial charge in [-0.1, -0.05) is 6.58 Å². The lowest BCUT2D eigenvalue weighted by Gasteiger charge is -2.05. The van der Waals surface area contributed by atoms with Gasteiger partial charge >= 0.3 is 17.8 Å². The van der Waals surface area contributed by atoms with Crippen LogP contribution in [-0.4, -0.2) is 23.9 Å². The third kappa shape index (κ3) is 4.43. The number of rotatable bonds is 5. The number of esters is 2. The molecule has 2 rings (SSSR count). The molecule has 1 saturated heterocycles.